The topological polar surface area (TPSA) is 204 Å². The molecule has 3 rings (SSSR count). The SMILES string of the molecule is CC(C)CC(NC(=O)C(Cc1c[nH]c2ccccc12)NC(=O)C(Cc1ccccc1)NC(=O)C(N)CC(=O)O)C(=O)O. The molecule has 1 heterocycles. The molecule has 1 aromatic heterocycles. The van der Waals surface area contributed by atoms with Crippen LogP contribution in [0.1, 0.15) is 37.8 Å². The van der Waals surface area contributed by atoms with E-state index in [1.807, 2.05) is 38.1 Å². The molecule has 0 aliphatic carbocycles. The minimum absolute atomic E-state index is 0.0199. The molecule has 0 saturated carbocycles. The van der Waals surface area contributed by atoms with Crippen molar-refractivity contribution < 1.29 is 34.2 Å². The Labute approximate surface area is 243 Å². The van der Waals surface area contributed by atoms with Crippen molar-refractivity contribution >= 4 is 40.6 Å². The van der Waals surface area contributed by atoms with E-state index in [0.29, 0.717) is 11.1 Å². The molecule has 4 unspecified atom stereocenters. The number of carboxylic acids is 2. The molecule has 12 heteroatoms. The van der Waals surface area contributed by atoms with E-state index in [1.165, 1.54) is 0 Å². The number of benzene rings is 2. The number of hydrogen-bond acceptors (Lipinski definition) is 6. The predicted molar refractivity (Wildman–Crippen MR) is 155 cm³/mol. The Morgan fingerprint density at radius 1 is 0.786 bits per heavy atom. The van der Waals surface area contributed by atoms with E-state index in [9.17, 15) is 29.1 Å². The van der Waals surface area contributed by atoms with Crippen LogP contribution in [0, 0.1) is 5.92 Å². The number of rotatable bonds is 15. The lowest BCUT2D eigenvalue weighted by molar-refractivity contribution is -0.142. The zero-order valence-corrected chi connectivity index (χ0v) is 23.5. The summed E-state index contributed by atoms with van der Waals surface area (Å²) in [7, 11) is 0. The fourth-order valence-corrected chi connectivity index (χ4v) is 4.59. The maximum atomic E-state index is 13.6. The second-order valence-corrected chi connectivity index (χ2v) is 10.6. The Morgan fingerprint density at radius 2 is 1.36 bits per heavy atom. The zero-order valence-electron chi connectivity index (χ0n) is 23.5. The second-order valence-electron chi connectivity index (χ2n) is 10.6. The Morgan fingerprint density at radius 3 is 1.98 bits per heavy atom. The van der Waals surface area contributed by atoms with E-state index in [-0.39, 0.29) is 25.2 Å². The van der Waals surface area contributed by atoms with E-state index in [0.717, 1.165) is 10.9 Å². The first-order valence-electron chi connectivity index (χ1n) is 13.6. The summed E-state index contributed by atoms with van der Waals surface area (Å²) in [5, 5.41) is 27.3. The highest BCUT2D eigenvalue weighted by Crippen LogP contribution is 2.19. The molecule has 2 aromatic carbocycles. The number of nitrogens with two attached hydrogens (primary N) is 1. The number of fused-ring (bicyclic) bond motifs is 1. The second kappa shape index (κ2) is 14.8. The first-order chi connectivity index (χ1) is 19.9. The fourth-order valence-electron chi connectivity index (χ4n) is 4.59. The third-order valence-electron chi connectivity index (χ3n) is 6.70. The Bertz CT molecular complexity index is 1410. The van der Waals surface area contributed by atoms with Crippen molar-refractivity contribution in [3.63, 3.8) is 0 Å². The van der Waals surface area contributed by atoms with Gasteiger partial charge in [0.1, 0.15) is 18.1 Å². The van der Waals surface area contributed by atoms with Crippen LogP contribution < -0.4 is 21.7 Å². The molecule has 0 saturated heterocycles. The third-order valence-corrected chi connectivity index (χ3v) is 6.70. The lowest BCUT2D eigenvalue weighted by atomic mass is 10.00. The van der Waals surface area contributed by atoms with E-state index in [2.05, 4.69) is 20.9 Å². The van der Waals surface area contributed by atoms with Crippen molar-refractivity contribution in [1.29, 1.82) is 0 Å². The van der Waals surface area contributed by atoms with Crippen molar-refractivity contribution in [3.8, 4) is 0 Å². The molecule has 224 valence electrons. The number of aliphatic carboxylic acids is 2. The molecule has 0 fully saturated rings. The van der Waals surface area contributed by atoms with Gasteiger partial charge < -0.3 is 36.9 Å². The van der Waals surface area contributed by atoms with E-state index >= 15 is 0 Å². The van der Waals surface area contributed by atoms with Crippen LogP contribution in [-0.4, -0.2) is 69.0 Å². The summed E-state index contributed by atoms with van der Waals surface area (Å²) < 4.78 is 0. The molecule has 4 atom stereocenters. The van der Waals surface area contributed by atoms with Crippen LogP contribution in [0.3, 0.4) is 0 Å². The number of aromatic amines is 1. The summed E-state index contributed by atoms with van der Waals surface area (Å²) in [6, 6.07) is 11.3. The van der Waals surface area contributed by atoms with Gasteiger partial charge in [-0.2, -0.15) is 0 Å². The molecule has 8 N–H and O–H groups in total. The van der Waals surface area contributed by atoms with Gasteiger partial charge in [0, 0.05) is 29.9 Å². The number of para-hydroxylation sites is 1. The molecule has 0 aliphatic heterocycles. The number of carbonyl (C=O) groups is 5. The number of H-pyrrole nitrogens is 1. The van der Waals surface area contributed by atoms with Crippen LogP contribution in [-0.2, 0) is 36.8 Å². The van der Waals surface area contributed by atoms with Gasteiger partial charge in [-0.3, -0.25) is 19.2 Å². The number of carboxylic acid groups (broad SMARTS) is 2. The summed E-state index contributed by atoms with van der Waals surface area (Å²) in [5.74, 6) is -4.75. The molecular formula is C30H37N5O7. The standard InChI is InChI=1S/C30H37N5O7/c1-17(2)12-25(30(41)42)35-29(40)24(14-19-16-32-22-11-7-6-10-20(19)22)34-28(39)23(13-18-8-4-3-5-9-18)33-27(38)21(31)15-26(36)37/h3-11,16-17,21,23-25,32H,12-15,31H2,1-2H3,(H,33,38)(H,34,39)(H,35,40)(H,36,37)(H,41,42). The number of hydrogen-bond donors (Lipinski definition) is 7. The third kappa shape index (κ3) is 9.16. The number of aromatic nitrogens is 1. The van der Waals surface area contributed by atoms with Crippen molar-refractivity contribution in [2.24, 2.45) is 11.7 Å². The van der Waals surface area contributed by atoms with Crippen LogP contribution in [0.2, 0.25) is 0 Å². The number of carbonyl (C=O) groups excluding carboxylic acids is 3. The largest absolute Gasteiger partial charge is 0.481 e. The monoisotopic (exact) mass is 579 g/mol. The quantitative estimate of drug-likeness (QED) is 0.140. The zero-order chi connectivity index (χ0) is 30.8. The van der Waals surface area contributed by atoms with Gasteiger partial charge in [-0.1, -0.05) is 62.4 Å². The highest BCUT2D eigenvalue weighted by molar-refractivity contribution is 5.95. The normalized spacial score (nSPS) is 14.0. The van der Waals surface area contributed by atoms with Crippen LogP contribution in [0.4, 0.5) is 0 Å². The molecule has 3 amide bonds. The average Bonchev–Trinajstić information content (AvgIpc) is 3.34. The van der Waals surface area contributed by atoms with Gasteiger partial charge in [0.05, 0.1) is 12.5 Å². The van der Waals surface area contributed by atoms with Gasteiger partial charge >= 0.3 is 11.9 Å². The van der Waals surface area contributed by atoms with Crippen molar-refractivity contribution in [2.75, 3.05) is 0 Å². The summed E-state index contributed by atoms with van der Waals surface area (Å²) in [6.45, 7) is 3.67. The van der Waals surface area contributed by atoms with Gasteiger partial charge in [0.2, 0.25) is 17.7 Å². The fraction of sp³-hybridized carbons (Fsp3) is 0.367. The van der Waals surface area contributed by atoms with Crippen LogP contribution >= 0.6 is 0 Å². The summed E-state index contributed by atoms with van der Waals surface area (Å²) in [5.41, 5.74) is 7.97. The van der Waals surface area contributed by atoms with Crippen LogP contribution in [0.25, 0.3) is 10.9 Å². The lowest BCUT2D eigenvalue weighted by Crippen LogP contribution is -2.58. The highest BCUT2D eigenvalue weighted by Gasteiger charge is 2.31. The Balaban J connectivity index is 1.90. The molecule has 0 aliphatic rings. The maximum Gasteiger partial charge on any atom is 0.326 e. The van der Waals surface area contributed by atoms with Crippen molar-refractivity contribution in [2.45, 2.75) is 63.7 Å². The summed E-state index contributed by atoms with van der Waals surface area (Å²) in [4.78, 5) is 65.9. The number of nitrogens with one attached hydrogen (secondary N) is 4. The summed E-state index contributed by atoms with van der Waals surface area (Å²) >= 11 is 0. The molecule has 0 radical (unpaired) electrons. The minimum Gasteiger partial charge on any atom is -0.481 e. The van der Waals surface area contributed by atoms with Gasteiger partial charge in [0.15, 0.2) is 0 Å². The predicted octanol–water partition coefficient (Wildman–Crippen LogP) is 1.34. The molecule has 0 spiro atoms. The lowest BCUT2D eigenvalue weighted by Gasteiger charge is -2.25. The molecular weight excluding hydrogens is 542 g/mol. The Kier molecular flexibility index (Phi) is 11.2. The van der Waals surface area contributed by atoms with Gasteiger partial charge in [0.25, 0.3) is 0 Å². The molecule has 0 bridgehead atoms. The van der Waals surface area contributed by atoms with Crippen LogP contribution in [0.5, 0.6) is 0 Å². The number of amides is 3. The Hall–Kier alpha value is -4.71. The van der Waals surface area contributed by atoms with E-state index in [1.54, 1.807) is 36.5 Å². The van der Waals surface area contributed by atoms with Crippen LogP contribution in [0.15, 0.2) is 60.8 Å². The van der Waals surface area contributed by atoms with Gasteiger partial charge in [-0.15, -0.1) is 0 Å². The highest BCUT2D eigenvalue weighted by atomic mass is 16.4. The maximum absolute atomic E-state index is 13.6. The molecule has 3 aromatic rings. The smallest absolute Gasteiger partial charge is 0.326 e. The minimum atomic E-state index is -1.40. The molecule has 42 heavy (non-hydrogen) atoms. The van der Waals surface area contributed by atoms with Gasteiger partial charge in [-0.25, -0.2) is 4.79 Å². The first-order valence-corrected chi connectivity index (χ1v) is 13.6. The average molecular weight is 580 g/mol. The summed E-state index contributed by atoms with van der Waals surface area (Å²) in [6.07, 6.45) is 1.32. The van der Waals surface area contributed by atoms with Gasteiger partial charge in [-0.05, 0) is 29.5 Å². The molecule has 12 nitrogen and oxygen atoms in total. The van der Waals surface area contributed by atoms with E-state index < -0.39 is 60.2 Å². The van der Waals surface area contributed by atoms with Crippen molar-refractivity contribution in [1.82, 2.24) is 20.9 Å². The van der Waals surface area contributed by atoms with Crippen molar-refractivity contribution in [3.05, 3.63) is 71.9 Å². The van der Waals surface area contributed by atoms with E-state index in [4.69, 9.17) is 10.8 Å². The first kappa shape index (κ1) is 31.8.